The first-order valence-corrected chi connectivity index (χ1v) is 4.49. The number of aromatic nitrogens is 2. The average molecular weight is 208 g/mol. The molecule has 15 heavy (non-hydrogen) atoms. The zero-order valence-corrected chi connectivity index (χ0v) is 8.90. The van der Waals surface area contributed by atoms with Gasteiger partial charge in [-0.2, -0.15) is 5.10 Å². The van der Waals surface area contributed by atoms with Gasteiger partial charge in [-0.3, -0.25) is 19.1 Å². The monoisotopic (exact) mass is 208 g/mol. The molecule has 0 amide bonds. The van der Waals surface area contributed by atoms with E-state index in [9.17, 15) is 14.4 Å². The maximum absolute atomic E-state index is 11.5. The van der Waals surface area contributed by atoms with Crippen LogP contribution in [0.3, 0.4) is 0 Å². The van der Waals surface area contributed by atoms with Crippen molar-refractivity contribution < 1.29 is 14.4 Å². The van der Waals surface area contributed by atoms with Gasteiger partial charge in [-0.25, -0.2) is 0 Å². The first-order chi connectivity index (χ1) is 6.91. The van der Waals surface area contributed by atoms with Crippen LogP contribution in [0.4, 0.5) is 0 Å². The predicted molar refractivity (Wildman–Crippen MR) is 52.6 cm³/mol. The predicted octanol–water partition coefficient (Wildman–Crippen LogP) is 0.459. The van der Waals surface area contributed by atoms with Gasteiger partial charge in [-0.1, -0.05) is 0 Å². The average Bonchev–Trinajstić information content (AvgIpc) is 2.44. The van der Waals surface area contributed by atoms with E-state index in [1.54, 1.807) is 20.2 Å². The fraction of sp³-hybridized carbons (Fsp3) is 0.400. The standard InChI is InChI=1S/C10H12N2O3/c1-6-5-12(3)11-10(6)9(15)4-8(14)7(2)13/h5H,4H2,1-3H3. The third-order valence-corrected chi connectivity index (χ3v) is 1.99. The van der Waals surface area contributed by atoms with E-state index >= 15 is 0 Å². The number of hydrogen-bond acceptors (Lipinski definition) is 4. The van der Waals surface area contributed by atoms with E-state index < -0.39 is 23.8 Å². The molecule has 5 heteroatoms. The van der Waals surface area contributed by atoms with Gasteiger partial charge in [0.15, 0.2) is 11.6 Å². The van der Waals surface area contributed by atoms with Crippen LogP contribution in [-0.4, -0.2) is 27.1 Å². The van der Waals surface area contributed by atoms with E-state index in [0.29, 0.717) is 5.56 Å². The smallest absolute Gasteiger partial charge is 0.205 e. The highest BCUT2D eigenvalue weighted by molar-refractivity contribution is 6.40. The summed E-state index contributed by atoms with van der Waals surface area (Å²) in [6.45, 7) is 2.89. The second-order valence-corrected chi connectivity index (χ2v) is 3.41. The van der Waals surface area contributed by atoms with Crippen LogP contribution >= 0.6 is 0 Å². The molecule has 1 rings (SSSR count). The highest BCUT2D eigenvalue weighted by atomic mass is 16.2. The molecule has 1 aromatic heterocycles. The highest BCUT2D eigenvalue weighted by Crippen LogP contribution is 2.07. The summed E-state index contributed by atoms with van der Waals surface area (Å²) in [5.74, 6) is -1.68. The maximum Gasteiger partial charge on any atom is 0.205 e. The summed E-state index contributed by atoms with van der Waals surface area (Å²) in [4.78, 5) is 33.3. The molecule has 5 nitrogen and oxygen atoms in total. The van der Waals surface area contributed by atoms with Crippen LogP contribution in [0.1, 0.15) is 29.4 Å². The molecule has 0 fully saturated rings. The second kappa shape index (κ2) is 4.16. The molecule has 0 spiro atoms. The lowest BCUT2D eigenvalue weighted by atomic mass is 10.1. The Balaban J connectivity index is 2.82. The quantitative estimate of drug-likeness (QED) is 0.409. The van der Waals surface area contributed by atoms with E-state index in [2.05, 4.69) is 5.10 Å². The van der Waals surface area contributed by atoms with Crippen molar-refractivity contribution in [1.29, 1.82) is 0 Å². The lowest BCUT2D eigenvalue weighted by molar-refractivity contribution is -0.134. The largest absolute Gasteiger partial charge is 0.292 e. The molecule has 0 bridgehead atoms. The van der Waals surface area contributed by atoms with Crippen molar-refractivity contribution in [2.45, 2.75) is 20.3 Å². The van der Waals surface area contributed by atoms with E-state index in [1.165, 1.54) is 4.68 Å². The van der Waals surface area contributed by atoms with Gasteiger partial charge in [0, 0.05) is 20.2 Å². The number of carbonyl (C=O) groups excluding carboxylic acids is 3. The first-order valence-electron chi connectivity index (χ1n) is 4.49. The van der Waals surface area contributed by atoms with Gasteiger partial charge >= 0.3 is 0 Å². The summed E-state index contributed by atoms with van der Waals surface area (Å²) < 4.78 is 1.50. The minimum absolute atomic E-state index is 0.257. The zero-order chi connectivity index (χ0) is 11.6. The minimum Gasteiger partial charge on any atom is -0.292 e. The van der Waals surface area contributed by atoms with Crippen LogP contribution < -0.4 is 0 Å². The molecule has 0 aliphatic rings. The van der Waals surface area contributed by atoms with Crippen LogP contribution in [0.25, 0.3) is 0 Å². The Morgan fingerprint density at radius 2 is 2.00 bits per heavy atom. The Morgan fingerprint density at radius 1 is 1.40 bits per heavy atom. The van der Waals surface area contributed by atoms with E-state index in [-0.39, 0.29) is 5.69 Å². The molecular formula is C10H12N2O3. The lowest BCUT2D eigenvalue weighted by Crippen LogP contribution is -2.16. The van der Waals surface area contributed by atoms with E-state index in [4.69, 9.17) is 0 Å². The van der Waals surface area contributed by atoms with Crippen molar-refractivity contribution in [1.82, 2.24) is 9.78 Å². The molecule has 0 saturated carbocycles. The molecule has 1 aromatic rings. The molecule has 0 aliphatic carbocycles. The maximum atomic E-state index is 11.5. The number of hydrogen-bond donors (Lipinski definition) is 0. The van der Waals surface area contributed by atoms with Crippen LogP contribution in [0.5, 0.6) is 0 Å². The van der Waals surface area contributed by atoms with Gasteiger partial charge in [0.1, 0.15) is 5.69 Å². The number of aryl methyl sites for hydroxylation is 2. The van der Waals surface area contributed by atoms with Gasteiger partial charge in [-0.05, 0) is 12.5 Å². The summed E-state index contributed by atoms with van der Waals surface area (Å²) in [5.41, 5.74) is 0.964. The molecule has 0 atom stereocenters. The SMILES string of the molecule is CC(=O)C(=O)CC(=O)c1nn(C)cc1C. The molecule has 80 valence electrons. The second-order valence-electron chi connectivity index (χ2n) is 3.41. The zero-order valence-electron chi connectivity index (χ0n) is 8.90. The number of carbonyl (C=O) groups is 3. The van der Waals surface area contributed by atoms with Crippen molar-refractivity contribution in [2.24, 2.45) is 7.05 Å². The molecule has 0 aliphatic heterocycles. The van der Waals surface area contributed by atoms with Crippen LogP contribution in [-0.2, 0) is 16.6 Å². The minimum atomic E-state index is -0.676. The Labute approximate surface area is 87.1 Å². The molecule has 1 heterocycles. The fourth-order valence-electron chi connectivity index (χ4n) is 1.24. The van der Waals surface area contributed by atoms with Crippen molar-refractivity contribution >= 4 is 17.3 Å². The molecular weight excluding hydrogens is 196 g/mol. The Hall–Kier alpha value is -1.78. The number of Topliss-reactive ketones (excluding diaryl/α,β-unsaturated/α-hetero) is 3. The van der Waals surface area contributed by atoms with Crippen molar-refractivity contribution in [2.75, 3.05) is 0 Å². The fourth-order valence-corrected chi connectivity index (χ4v) is 1.24. The van der Waals surface area contributed by atoms with Gasteiger partial charge in [0.2, 0.25) is 5.78 Å². The van der Waals surface area contributed by atoms with Crippen LogP contribution in [0.15, 0.2) is 6.20 Å². The third kappa shape index (κ3) is 2.59. The van der Waals surface area contributed by atoms with Crippen LogP contribution in [0, 0.1) is 6.92 Å². The molecule has 0 radical (unpaired) electrons. The molecule has 0 saturated heterocycles. The summed E-state index contributed by atoms with van der Waals surface area (Å²) in [6, 6.07) is 0. The van der Waals surface area contributed by atoms with Gasteiger partial charge in [0.05, 0.1) is 6.42 Å². The van der Waals surface area contributed by atoms with Crippen molar-refractivity contribution in [3.63, 3.8) is 0 Å². The van der Waals surface area contributed by atoms with Gasteiger partial charge in [0.25, 0.3) is 0 Å². The lowest BCUT2D eigenvalue weighted by Gasteiger charge is -1.95. The number of rotatable bonds is 4. The number of ketones is 3. The van der Waals surface area contributed by atoms with Crippen molar-refractivity contribution in [3.05, 3.63) is 17.5 Å². The van der Waals surface area contributed by atoms with E-state index in [0.717, 1.165) is 6.92 Å². The highest BCUT2D eigenvalue weighted by Gasteiger charge is 2.19. The number of nitrogens with zero attached hydrogens (tertiary/aromatic N) is 2. The Bertz CT molecular complexity index is 432. The van der Waals surface area contributed by atoms with E-state index in [1.807, 2.05) is 0 Å². The third-order valence-electron chi connectivity index (χ3n) is 1.99. The summed E-state index contributed by atoms with van der Waals surface area (Å²) in [7, 11) is 1.69. The van der Waals surface area contributed by atoms with Crippen molar-refractivity contribution in [3.8, 4) is 0 Å². The Morgan fingerprint density at radius 3 is 2.40 bits per heavy atom. The first kappa shape index (κ1) is 11.3. The summed E-state index contributed by atoms with van der Waals surface area (Å²) in [6.07, 6.45) is 1.29. The summed E-state index contributed by atoms with van der Waals surface area (Å²) in [5, 5.41) is 3.93. The molecule has 0 N–H and O–H groups in total. The molecule has 0 unspecified atom stereocenters. The van der Waals surface area contributed by atoms with Crippen LogP contribution in [0.2, 0.25) is 0 Å². The normalized spacial score (nSPS) is 10.1. The van der Waals surface area contributed by atoms with Gasteiger partial charge < -0.3 is 0 Å². The Kier molecular flexibility index (Phi) is 3.14. The molecule has 0 aromatic carbocycles. The summed E-state index contributed by atoms with van der Waals surface area (Å²) >= 11 is 0. The topological polar surface area (TPSA) is 69.0 Å². The van der Waals surface area contributed by atoms with Gasteiger partial charge in [-0.15, -0.1) is 0 Å².